The molecule has 3 heteroatoms. The van der Waals surface area contributed by atoms with Crippen molar-refractivity contribution in [2.24, 2.45) is 0 Å². The van der Waals surface area contributed by atoms with Gasteiger partial charge in [0.15, 0.2) is 5.78 Å². The SMILES string of the molecule is CCC(=O)c1nccc(C)c1Br. The molecule has 1 aromatic rings. The van der Waals surface area contributed by atoms with Crippen LogP contribution < -0.4 is 0 Å². The third-order valence-electron chi connectivity index (χ3n) is 1.67. The van der Waals surface area contributed by atoms with Crippen molar-refractivity contribution in [2.75, 3.05) is 0 Å². The molecule has 0 spiro atoms. The first kappa shape index (κ1) is 9.39. The number of hydrogen-bond donors (Lipinski definition) is 0. The number of ketones is 1. The van der Waals surface area contributed by atoms with Crippen LogP contribution >= 0.6 is 15.9 Å². The number of hydrogen-bond acceptors (Lipinski definition) is 2. The highest BCUT2D eigenvalue weighted by Crippen LogP contribution is 2.19. The summed E-state index contributed by atoms with van der Waals surface area (Å²) in [5.41, 5.74) is 1.58. The Kier molecular flexibility index (Phi) is 2.98. The quantitative estimate of drug-likeness (QED) is 0.728. The second-order valence-corrected chi connectivity index (χ2v) is 3.36. The summed E-state index contributed by atoms with van der Waals surface area (Å²) in [7, 11) is 0. The molecule has 0 radical (unpaired) electrons. The van der Waals surface area contributed by atoms with Gasteiger partial charge < -0.3 is 0 Å². The van der Waals surface area contributed by atoms with Gasteiger partial charge in [0, 0.05) is 17.1 Å². The van der Waals surface area contributed by atoms with Crippen LogP contribution in [-0.2, 0) is 0 Å². The summed E-state index contributed by atoms with van der Waals surface area (Å²) in [6, 6.07) is 1.87. The maximum Gasteiger partial charge on any atom is 0.182 e. The van der Waals surface area contributed by atoms with Crippen LogP contribution in [0.2, 0.25) is 0 Å². The molecule has 0 saturated carbocycles. The summed E-state index contributed by atoms with van der Waals surface area (Å²) < 4.78 is 0.817. The molecule has 12 heavy (non-hydrogen) atoms. The summed E-state index contributed by atoms with van der Waals surface area (Å²) in [6.45, 7) is 3.77. The van der Waals surface area contributed by atoms with Gasteiger partial charge in [0.1, 0.15) is 5.69 Å². The van der Waals surface area contributed by atoms with Crippen molar-refractivity contribution in [3.05, 3.63) is 28.0 Å². The van der Waals surface area contributed by atoms with E-state index < -0.39 is 0 Å². The Labute approximate surface area is 80.1 Å². The zero-order chi connectivity index (χ0) is 9.14. The highest BCUT2D eigenvalue weighted by molar-refractivity contribution is 9.10. The van der Waals surface area contributed by atoms with Gasteiger partial charge in [-0.1, -0.05) is 6.92 Å². The third kappa shape index (κ3) is 1.72. The highest BCUT2D eigenvalue weighted by Gasteiger charge is 2.10. The number of rotatable bonds is 2. The molecule has 0 aliphatic rings. The van der Waals surface area contributed by atoms with E-state index in [9.17, 15) is 4.79 Å². The molecule has 0 saturated heterocycles. The second-order valence-electron chi connectivity index (χ2n) is 2.57. The summed E-state index contributed by atoms with van der Waals surface area (Å²) in [5.74, 6) is 0.0746. The first-order valence-electron chi connectivity index (χ1n) is 3.81. The maximum absolute atomic E-state index is 11.3. The lowest BCUT2D eigenvalue weighted by molar-refractivity contribution is 0.0982. The predicted molar refractivity (Wildman–Crippen MR) is 51.3 cm³/mol. The van der Waals surface area contributed by atoms with Gasteiger partial charge in [-0.05, 0) is 34.5 Å². The van der Waals surface area contributed by atoms with Crippen LogP contribution in [0.15, 0.2) is 16.7 Å². The predicted octanol–water partition coefficient (Wildman–Crippen LogP) is 2.75. The molecule has 0 fully saturated rings. The fourth-order valence-corrected chi connectivity index (χ4v) is 1.36. The molecule has 0 unspecified atom stereocenters. The van der Waals surface area contributed by atoms with Gasteiger partial charge in [-0.2, -0.15) is 0 Å². The lowest BCUT2D eigenvalue weighted by Gasteiger charge is -2.02. The van der Waals surface area contributed by atoms with Crippen molar-refractivity contribution in [1.82, 2.24) is 4.98 Å². The molecule has 1 heterocycles. The van der Waals surface area contributed by atoms with E-state index in [0.717, 1.165) is 10.0 Å². The monoisotopic (exact) mass is 227 g/mol. The minimum atomic E-state index is 0.0746. The molecule has 0 bridgehead atoms. The fraction of sp³-hybridized carbons (Fsp3) is 0.333. The molecule has 1 rings (SSSR count). The van der Waals surface area contributed by atoms with E-state index in [1.807, 2.05) is 19.9 Å². The first-order valence-corrected chi connectivity index (χ1v) is 4.60. The first-order chi connectivity index (χ1) is 5.66. The molecule has 64 valence electrons. The van der Waals surface area contributed by atoms with Crippen molar-refractivity contribution in [2.45, 2.75) is 20.3 Å². The Morgan fingerprint density at radius 3 is 2.92 bits per heavy atom. The van der Waals surface area contributed by atoms with Gasteiger partial charge in [-0.15, -0.1) is 0 Å². The number of aromatic nitrogens is 1. The van der Waals surface area contributed by atoms with E-state index in [2.05, 4.69) is 20.9 Å². The summed E-state index contributed by atoms with van der Waals surface area (Å²) in [5, 5.41) is 0. The van der Waals surface area contributed by atoms with Crippen LogP contribution in [0.3, 0.4) is 0 Å². The number of Topliss-reactive ketones (excluding diaryl/α,β-unsaturated/α-hetero) is 1. The van der Waals surface area contributed by atoms with Crippen LogP contribution in [0.5, 0.6) is 0 Å². The molecule has 0 aromatic carbocycles. The molecule has 0 aliphatic carbocycles. The standard InChI is InChI=1S/C9H10BrNO/c1-3-7(12)9-8(10)6(2)4-5-11-9/h4-5H,3H2,1-2H3. The van der Waals surface area contributed by atoms with Gasteiger partial charge in [-0.3, -0.25) is 9.78 Å². The van der Waals surface area contributed by atoms with E-state index in [1.165, 1.54) is 0 Å². The summed E-state index contributed by atoms with van der Waals surface area (Å²) >= 11 is 3.34. The zero-order valence-corrected chi connectivity index (χ0v) is 8.68. The van der Waals surface area contributed by atoms with Crippen LogP contribution in [0.4, 0.5) is 0 Å². The minimum absolute atomic E-state index is 0.0746. The van der Waals surface area contributed by atoms with Gasteiger partial charge in [0.25, 0.3) is 0 Å². The summed E-state index contributed by atoms with van der Waals surface area (Å²) in [6.07, 6.45) is 2.15. The Balaban J connectivity index is 3.16. The Bertz CT molecular complexity index is 309. The largest absolute Gasteiger partial charge is 0.292 e. The third-order valence-corrected chi connectivity index (χ3v) is 2.67. The Morgan fingerprint density at radius 2 is 2.33 bits per heavy atom. The number of aryl methyl sites for hydroxylation is 1. The van der Waals surface area contributed by atoms with E-state index >= 15 is 0 Å². The maximum atomic E-state index is 11.3. The lowest BCUT2D eigenvalue weighted by Crippen LogP contribution is -2.02. The van der Waals surface area contributed by atoms with Crippen molar-refractivity contribution in [3.8, 4) is 0 Å². The molecular formula is C9H10BrNO. The van der Waals surface area contributed by atoms with Gasteiger partial charge in [-0.25, -0.2) is 0 Å². The molecule has 0 atom stereocenters. The summed E-state index contributed by atoms with van der Waals surface area (Å²) in [4.78, 5) is 15.3. The molecule has 0 N–H and O–H groups in total. The molecular weight excluding hydrogens is 218 g/mol. The average molecular weight is 228 g/mol. The van der Waals surface area contributed by atoms with E-state index in [0.29, 0.717) is 12.1 Å². The van der Waals surface area contributed by atoms with Crippen molar-refractivity contribution < 1.29 is 4.79 Å². The van der Waals surface area contributed by atoms with Crippen molar-refractivity contribution in [3.63, 3.8) is 0 Å². The topological polar surface area (TPSA) is 30.0 Å². The zero-order valence-electron chi connectivity index (χ0n) is 7.10. The second kappa shape index (κ2) is 3.81. The number of pyridine rings is 1. The van der Waals surface area contributed by atoms with E-state index in [-0.39, 0.29) is 5.78 Å². The Morgan fingerprint density at radius 1 is 1.67 bits per heavy atom. The minimum Gasteiger partial charge on any atom is -0.292 e. The van der Waals surface area contributed by atoms with Crippen LogP contribution in [0, 0.1) is 6.92 Å². The van der Waals surface area contributed by atoms with E-state index in [1.54, 1.807) is 6.20 Å². The number of nitrogens with zero attached hydrogens (tertiary/aromatic N) is 1. The van der Waals surface area contributed by atoms with E-state index in [4.69, 9.17) is 0 Å². The molecule has 0 amide bonds. The van der Waals surface area contributed by atoms with Gasteiger partial charge >= 0.3 is 0 Å². The number of halogens is 1. The van der Waals surface area contributed by atoms with Crippen LogP contribution in [0.1, 0.15) is 29.4 Å². The van der Waals surface area contributed by atoms with Crippen LogP contribution in [0.25, 0.3) is 0 Å². The van der Waals surface area contributed by atoms with Gasteiger partial charge in [0.05, 0.1) is 0 Å². The lowest BCUT2D eigenvalue weighted by atomic mass is 10.2. The van der Waals surface area contributed by atoms with Crippen molar-refractivity contribution >= 4 is 21.7 Å². The highest BCUT2D eigenvalue weighted by atomic mass is 79.9. The number of carbonyl (C=O) groups excluding carboxylic acids is 1. The van der Waals surface area contributed by atoms with Crippen LogP contribution in [-0.4, -0.2) is 10.8 Å². The fourth-order valence-electron chi connectivity index (χ4n) is 0.902. The Hall–Kier alpha value is -0.700. The molecule has 0 aliphatic heterocycles. The normalized spacial score (nSPS) is 9.92. The smallest absolute Gasteiger partial charge is 0.182 e. The number of carbonyl (C=O) groups is 1. The van der Waals surface area contributed by atoms with Gasteiger partial charge in [0.2, 0.25) is 0 Å². The molecule has 2 nitrogen and oxygen atoms in total. The average Bonchev–Trinajstić information content (AvgIpc) is 2.08. The van der Waals surface area contributed by atoms with Crippen molar-refractivity contribution in [1.29, 1.82) is 0 Å². The molecule has 1 aromatic heterocycles.